The topological polar surface area (TPSA) is 26.3 Å². The van der Waals surface area contributed by atoms with Crippen molar-refractivity contribution in [2.45, 2.75) is 71.7 Å². The van der Waals surface area contributed by atoms with Crippen molar-refractivity contribution in [2.24, 2.45) is 17.3 Å². The predicted molar refractivity (Wildman–Crippen MR) is 86.2 cm³/mol. The molecule has 0 aliphatic heterocycles. The molecule has 0 aromatic rings. The molecule has 114 valence electrons. The van der Waals surface area contributed by atoms with E-state index in [4.69, 9.17) is 4.43 Å². The second-order valence-electron chi connectivity index (χ2n) is 8.44. The molecule has 0 saturated heterocycles. The van der Waals surface area contributed by atoms with Crippen LogP contribution in [0, 0.1) is 17.3 Å². The molecule has 0 radical (unpaired) electrons. The first-order chi connectivity index (χ1) is 8.99. The Labute approximate surface area is 125 Å². The smallest absolute Gasteiger partial charge is 0.192 e. The van der Waals surface area contributed by atoms with Crippen molar-refractivity contribution >= 4 is 14.1 Å². The fourth-order valence-electron chi connectivity index (χ4n) is 3.54. The molecule has 0 spiro atoms. The van der Waals surface area contributed by atoms with Crippen LogP contribution in [0.2, 0.25) is 18.1 Å². The Hall–Kier alpha value is -0.413. The van der Waals surface area contributed by atoms with Gasteiger partial charge in [0, 0.05) is 11.3 Å². The molecular weight excluding hydrogens is 264 g/mol. The number of ketones is 1. The van der Waals surface area contributed by atoms with Gasteiger partial charge >= 0.3 is 0 Å². The summed E-state index contributed by atoms with van der Waals surface area (Å²) in [5, 5.41) is 0.237. The predicted octanol–water partition coefficient (Wildman–Crippen LogP) is 4.57. The van der Waals surface area contributed by atoms with E-state index in [0.717, 1.165) is 12.8 Å². The fourth-order valence-corrected chi connectivity index (χ4v) is 4.98. The Morgan fingerprint density at radius 2 is 1.90 bits per heavy atom. The van der Waals surface area contributed by atoms with Gasteiger partial charge in [-0.15, -0.1) is 0 Å². The second kappa shape index (κ2) is 4.81. The van der Waals surface area contributed by atoms with Crippen LogP contribution in [0.5, 0.6) is 0 Å². The maximum absolute atomic E-state index is 11.9. The summed E-state index contributed by atoms with van der Waals surface area (Å²) in [7, 11) is -1.75. The van der Waals surface area contributed by atoms with Gasteiger partial charge in [-0.1, -0.05) is 40.7 Å². The molecule has 0 bridgehead atoms. The quantitative estimate of drug-likeness (QED) is 0.697. The van der Waals surface area contributed by atoms with E-state index in [1.165, 1.54) is 0 Å². The lowest BCUT2D eigenvalue weighted by Gasteiger charge is -2.45. The van der Waals surface area contributed by atoms with E-state index < -0.39 is 8.32 Å². The Balaban J connectivity index is 2.24. The summed E-state index contributed by atoms with van der Waals surface area (Å²) in [5.74, 6) is 0.897. The molecule has 0 N–H and O–H groups in total. The molecule has 1 saturated carbocycles. The zero-order chi connectivity index (χ0) is 15.3. The van der Waals surface area contributed by atoms with Crippen LogP contribution < -0.4 is 0 Å². The highest BCUT2D eigenvalue weighted by Gasteiger charge is 2.53. The van der Waals surface area contributed by atoms with Gasteiger partial charge in [0.1, 0.15) is 0 Å². The number of carbonyl (C=O) groups excluding carboxylic acids is 1. The van der Waals surface area contributed by atoms with E-state index >= 15 is 0 Å². The zero-order valence-electron chi connectivity index (χ0n) is 14.1. The summed E-state index contributed by atoms with van der Waals surface area (Å²) in [6.07, 6.45) is 6.43. The first kappa shape index (κ1) is 16.0. The molecule has 20 heavy (non-hydrogen) atoms. The van der Waals surface area contributed by atoms with Gasteiger partial charge in [-0.3, -0.25) is 4.79 Å². The van der Waals surface area contributed by atoms with E-state index in [1.807, 2.05) is 0 Å². The van der Waals surface area contributed by atoms with Crippen LogP contribution in [-0.2, 0) is 9.22 Å². The zero-order valence-corrected chi connectivity index (χ0v) is 15.1. The lowest BCUT2D eigenvalue weighted by Crippen LogP contribution is -2.49. The molecule has 1 fully saturated rings. The lowest BCUT2D eigenvalue weighted by atomic mass is 9.68. The second-order valence-corrected chi connectivity index (χ2v) is 13.2. The molecule has 2 aliphatic carbocycles. The molecule has 4 atom stereocenters. The van der Waals surface area contributed by atoms with Crippen molar-refractivity contribution in [3.05, 3.63) is 12.2 Å². The third-order valence-corrected chi connectivity index (χ3v) is 10.6. The maximum atomic E-state index is 11.9. The Morgan fingerprint density at radius 3 is 2.45 bits per heavy atom. The summed E-state index contributed by atoms with van der Waals surface area (Å²) >= 11 is 0. The standard InChI is InChI=1S/C17H30O2Si/c1-12-13-8-9-15(17(13,5)11-10-14(12)18)19-20(6,7)16(2,3)4/h10-13,15H,8-9H2,1-7H3/t12-,13-,15?,17-/m0/s1. The normalized spacial score (nSPS) is 38.1. The molecule has 3 heteroatoms. The molecule has 2 rings (SSSR count). The number of rotatable bonds is 2. The van der Waals surface area contributed by atoms with Gasteiger partial charge in [0.25, 0.3) is 0 Å². The molecule has 2 nitrogen and oxygen atoms in total. The van der Waals surface area contributed by atoms with Gasteiger partial charge in [-0.25, -0.2) is 0 Å². The van der Waals surface area contributed by atoms with Crippen molar-refractivity contribution < 1.29 is 9.22 Å². The van der Waals surface area contributed by atoms with Crippen LogP contribution in [0.25, 0.3) is 0 Å². The summed E-state index contributed by atoms with van der Waals surface area (Å²) in [4.78, 5) is 11.9. The van der Waals surface area contributed by atoms with Gasteiger partial charge < -0.3 is 4.43 Å². The molecular formula is C17H30O2Si. The van der Waals surface area contributed by atoms with Gasteiger partial charge in [0.2, 0.25) is 0 Å². The average molecular weight is 295 g/mol. The van der Waals surface area contributed by atoms with Crippen LogP contribution in [0.4, 0.5) is 0 Å². The van der Waals surface area contributed by atoms with E-state index in [1.54, 1.807) is 6.08 Å². The third kappa shape index (κ3) is 2.43. The van der Waals surface area contributed by atoms with Crippen LogP contribution in [-0.4, -0.2) is 20.2 Å². The summed E-state index contributed by atoms with van der Waals surface area (Å²) in [6.45, 7) is 15.9. The van der Waals surface area contributed by atoms with Crippen molar-refractivity contribution in [1.82, 2.24) is 0 Å². The number of allylic oxidation sites excluding steroid dienone is 1. The molecule has 0 heterocycles. The first-order valence-electron chi connectivity index (χ1n) is 7.90. The summed E-state index contributed by atoms with van der Waals surface area (Å²) in [6, 6.07) is 0. The van der Waals surface area contributed by atoms with Crippen LogP contribution in [0.15, 0.2) is 12.2 Å². The minimum absolute atomic E-state index is 0.0445. The highest BCUT2D eigenvalue weighted by Crippen LogP contribution is 2.53. The van der Waals surface area contributed by atoms with Gasteiger partial charge in [0.15, 0.2) is 14.1 Å². The summed E-state index contributed by atoms with van der Waals surface area (Å²) < 4.78 is 6.70. The highest BCUT2D eigenvalue weighted by molar-refractivity contribution is 6.74. The summed E-state index contributed by atoms with van der Waals surface area (Å²) in [5.41, 5.74) is 0.0445. The number of hydrogen-bond acceptors (Lipinski definition) is 2. The van der Waals surface area contributed by atoms with E-state index in [0.29, 0.717) is 11.7 Å². The number of fused-ring (bicyclic) bond motifs is 1. The Kier molecular flexibility index (Phi) is 3.84. The van der Waals surface area contributed by atoms with Gasteiger partial charge in [-0.05, 0) is 43.0 Å². The van der Waals surface area contributed by atoms with Crippen LogP contribution in [0.1, 0.15) is 47.5 Å². The fraction of sp³-hybridized carbons (Fsp3) is 0.824. The van der Waals surface area contributed by atoms with E-state index in [9.17, 15) is 4.79 Å². The molecule has 0 aromatic carbocycles. The van der Waals surface area contributed by atoms with Crippen LogP contribution in [0.3, 0.4) is 0 Å². The Morgan fingerprint density at radius 1 is 1.30 bits per heavy atom. The molecule has 0 amide bonds. The number of hydrogen-bond donors (Lipinski definition) is 0. The average Bonchev–Trinajstić information content (AvgIpc) is 2.61. The molecule has 0 aromatic heterocycles. The highest BCUT2D eigenvalue weighted by atomic mass is 28.4. The third-order valence-electron chi connectivity index (χ3n) is 6.13. The minimum Gasteiger partial charge on any atom is -0.413 e. The van der Waals surface area contributed by atoms with Gasteiger partial charge in [-0.2, -0.15) is 0 Å². The van der Waals surface area contributed by atoms with Crippen LogP contribution >= 0.6 is 0 Å². The monoisotopic (exact) mass is 294 g/mol. The lowest BCUT2D eigenvalue weighted by molar-refractivity contribution is -0.121. The largest absolute Gasteiger partial charge is 0.413 e. The number of carbonyl (C=O) groups is 1. The first-order valence-corrected chi connectivity index (χ1v) is 10.8. The Bertz CT molecular complexity index is 433. The van der Waals surface area contributed by atoms with Crippen molar-refractivity contribution in [3.8, 4) is 0 Å². The minimum atomic E-state index is -1.75. The van der Waals surface area contributed by atoms with Crippen molar-refractivity contribution in [2.75, 3.05) is 0 Å². The SMILES string of the molecule is C[C@@H]1C(=O)C=C[C@]2(C)C(O[Si](C)(C)C(C)(C)C)CC[C@@H]12. The van der Waals surface area contributed by atoms with E-state index in [2.05, 4.69) is 53.8 Å². The van der Waals surface area contributed by atoms with Crippen molar-refractivity contribution in [1.29, 1.82) is 0 Å². The maximum Gasteiger partial charge on any atom is 0.192 e. The molecule has 2 aliphatic rings. The molecule has 1 unspecified atom stereocenters. The van der Waals surface area contributed by atoms with E-state index in [-0.39, 0.29) is 22.5 Å². The van der Waals surface area contributed by atoms with Crippen molar-refractivity contribution in [3.63, 3.8) is 0 Å². The van der Waals surface area contributed by atoms with Gasteiger partial charge in [0.05, 0.1) is 6.10 Å².